The van der Waals surface area contributed by atoms with Crippen LogP contribution in [0.1, 0.15) is 12.5 Å². The molecule has 2 rings (SSSR count). The minimum absolute atomic E-state index is 0.295. The summed E-state index contributed by atoms with van der Waals surface area (Å²) in [4.78, 5) is 0. The Kier molecular flexibility index (Phi) is 2.45. The van der Waals surface area contributed by atoms with Gasteiger partial charge in [-0.3, -0.25) is 0 Å². The Morgan fingerprint density at radius 2 is 2.29 bits per heavy atom. The zero-order valence-electron chi connectivity index (χ0n) is 8.36. The highest BCUT2D eigenvalue weighted by Gasteiger charge is 2.22. The van der Waals surface area contributed by atoms with Gasteiger partial charge in [-0.15, -0.1) is 12.3 Å². The predicted molar refractivity (Wildman–Crippen MR) is 57.1 cm³/mol. The van der Waals surface area contributed by atoms with E-state index in [1.165, 1.54) is 5.56 Å². The van der Waals surface area contributed by atoms with Crippen LogP contribution in [0.25, 0.3) is 0 Å². The molecule has 2 unspecified atom stereocenters. The zero-order chi connectivity index (χ0) is 9.97. The summed E-state index contributed by atoms with van der Waals surface area (Å²) in [5.41, 5.74) is 1.28. The molecule has 0 radical (unpaired) electrons. The van der Waals surface area contributed by atoms with Gasteiger partial charge in [0.2, 0.25) is 0 Å². The van der Waals surface area contributed by atoms with Crippen LogP contribution in [0.15, 0.2) is 24.3 Å². The van der Waals surface area contributed by atoms with E-state index in [2.05, 4.69) is 18.9 Å². The molecule has 0 amide bonds. The number of hydrogen-bond acceptors (Lipinski definition) is 1. The smallest absolute Gasteiger partial charge is 0.122 e. The summed E-state index contributed by atoms with van der Waals surface area (Å²) < 4.78 is 5.66. The van der Waals surface area contributed by atoms with Crippen LogP contribution in [0, 0.1) is 24.2 Å². The highest BCUT2D eigenvalue weighted by molar-refractivity contribution is 5.35. The van der Waals surface area contributed by atoms with Crippen LogP contribution >= 0.6 is 0 Å². The van der Waals surface area contributed by atoms with E-state index in [0.717, 1.165) is 18.8 Å². The lowest BCUT2D eigenvalue weighted by molar-refractivity contribution is 0.198. The number of ether oxygens (including phenoxy) is 1. The van der Waals surface area contributed by atoms with Crippen LogP contribution < -0.4 is 4.74 Å². The lowest BCUT2D eigenvalue weighted by Crippen LogP contribution is -2.25. The summed E-state index contributed by atoms with van der Waals surface area (Å²) in [6.45, 7) is 2.84. The quantitative estimate of drug-likeness (QED) is 0.612. The molecule has 1 aromatic rings. The van der Waals surface area contributed by atoms with Gasteiger partial charge in [0.15, 0.2) is 0 Å². The van der Waals surface area contributed by atoms with Crippen molar-refractivity contribution in [3.63, 3.8) is 0 Å². The first-order valence-electron chi connectivity index (χ1n) is 4.98. The minimum atomic E-state index is 0.295. The van der Waals surface area contributed by atoms with Crippen LogP contribution in [0.5, 0.6) is 5.75 Å². The molecule has 14 heavy (non-hydrogen) atoms. The number of terminal acetylenes is 1. The summed E-state index contributed by atoms with van der Waals surface area (Å²) in [5.74, 6) is 4.57. The molecule has 2 atom stereocenters. The largest absolute Gasteiger partial charge is 0.493 e. The molecule has 0 saturated carbocycles. The van der Waals surface area contributed by atoms with Crippen molar-refractivity contribution in [2.75, 3.05) is 6.61 Å². The molecule has 0 saturated heterocycles. The second-order valence-corrected chi connectivity index (χ2v) is 3.84. The third-order valence-electron chi connectivity index (χ3n) is 2.88. The number of hydrogen-bond donors (Lipinski definition) is 0. The second kappa shape index (κ2) is 3.75. The van der Waals surface area contributed by atoms with Crippen molar-refractivity contribution in [2.24, 2.45) is 11.8 Å². The molecule has 1 aliphatic rings. The summed E-state index contributed by atoms with van der Waals surface area (Å²) in [5, 5.41) is 0. The molecule has 0 bridgehead atoms. The first-order valence-corrected chi connectivity index (χ1v) is 4.98. The molecular formula is C13H14O. The van der Waals surface area contributed by atoms with Crippen LogP contribution in [-0.4, -0.2) is 6.61 Å². The molecule has 0 aromatic heterocycles. The Morgan fingerprint density at radius 3 is 3.07 bits per heavy atom. The standard InChI is InChI=1S/C13H14O/c1-3-10(2)12-8-11-6-4-5-7-13(11)14-9-12/h1,4-7,10,12H,8-9H2,2H3. The number of para-hydroxylation sites is 1. The highest BCUT2D eigenvalue weighted by Crippen LogP contribution is 2.29. The fourth-order valence-electron chi connectivity index (χ4n) is 1.81. The molecule has 1 aliphatic heterocycles. The van der Waals surface area contributed by atoms with Crippen molar-refractivity contribution in [3.05, 3.63) is 29.8 Å². The van der Waals surface area contributed by atoms with Gasteiger partial charge in [0, 0.05) is 11.8 Å². The Hall–Kier alpha value is -1.42. The molecule has 0 N–H and O–H groups in total. The summed E-state index contributed by atoms with van der Waals surface area (Å²) in [7, 11) is 0. The number of fused-ring (bicyclic) bond motifs is 1. The average molecular weight is 186 g/mol. The monoisotopic (exact) mass is 186 g/mol. The Morgan fingerprint density at radius 1 is 1.50 bits per heavy atom. The Balaban J connectivity index is 2.18. The van der Waals surface area contributed by atoms with Gasteiger partial charge in [-0.05, 0) is 18.1 Å². The molecule has 0 spiro atoms. The Bertz CT molecular complexity index is 362. The molecular weight excluding hydrogens is 172 g/mol. The maximum atomic E-state index is 5.66. The molecule has 1 heteroatoms. The van der Waals surface area contributed by atoms with Crippen molar-refractivity contribution in [1.29, 1.82) is 0 Å². The molecule has 0 aliphatic carbocycles. The van der Waals surface area contributed by atoms with Gasteiger partial charge in [0.25, 0.3) is 0 Å². The van der Waals surface area contributed by atoms with Gasteiger partial charge in [-0.25, -0.2) is 0 Å². The Labute approximate surface area is 85.1 Å². The van der Waals surface area contributed by atoms with E-state index in [1.54, 1.807) is 0 Å². The molecule has 1 aromatic carbocycles. The first kappa shape index (κ1) is 9.15. The van der Waals surface area contributed by atoms with Gasteiger partial charge >= 0.3 is 0 Å². The van der Waals surface area contributed by atoms with Crippen molar-refractivity contribution < 1.29 is 4.74 Å². The number of benzene rings is 1. The van der Waals surface area contributed by atoms with Crippen LogP contribution in [0.4, 0.5) is 0 Å². The van der Waals surface area contributed by atoms with E-state index in [-0.39, 0.29) is 0 Å². The first-order chi connectivity index (χ1) is 6.81. The average Bonchev–Trinajstić information content (AvgIpc) is 2.27. The molecule has 0 fully saturated rings. The number of rotatable bonds is 1. The van der Waals surface area contributed by atoms with E-state index < -0.39 is 0 Å². The van der Waals surface area contributed by atoms with E-state index >= 15 is 0 Å². The molecule has 1 nitrogen and oxygen atoms in total. The predicted octanol–water partition coefficient (Wildman–Crippen LogP) is 2.51. The van der Waals surface area contributed by atoms with Crippen LogP contribution in [-0.2, 0) is 6.42 Å². The fourth-order valence-corrected chi connectivity index (χ4v) is 1.81. The van der Waals surface area contributed by atoms with Crippen molar-refractivity contribution in [1.82, 2.24) is 0 Å². The van der Waals surface area contributed by atoms with Crippen molar-refractivity contribution in [2.45, 2.75) is 13.3 Å². The van der Waals surface area contributed by atoms with Crippen LogP contribution in [0.2, 0.25) is 0 Å². The lowest BCUT2D eigenvalue weighted by atomic mass is 9.87. The topological polar surface area (TPSA) is 9.23 Å². The van der Waals surface area contributed by atoms with Crippen LogP contribution in [0.3, 0.4) is 0 Å². The summed E-state index contributed by atoms with van der Waals surface area (Å²) in [6.07, 6.45) is 6.46. The van der Waals surface area contributed by atoms with Crippen molar-refractivity contribution in [3.8, 4) is 18.1 Å². The van der Waals surface area contributed by atoms with Crippen molar-refractivity contribution >= 4 is 0 Å². The second-order valence-electron chi connectivity index (χ2n) is 3.84. The van der Waals surface area contributed by atoms with Gasteiger partial charge in [0.1, 0.15) is 5.75 Å². The summed E-state index contributed by atoms with van der Waals surface area (Å²) >= 11 is 0. The zero-order valence-corrected chi connectivity index (χ0v) is 8.36. The summed E-state index contributed by atoms with van der Waals surface area (Å²) in [6, 6.07) is 8.19. The SMILES string of the molecule is C#CC(C)C1COc2ccccc2C1. The minimum Gasteiger partial charge on any atom is -0.493 e. The molecule has 1 heterocycles. The van der Waals surface area contributed by atoms with E-state index in [9.17, 15) is 0 Å². The van der Waals surface area contributed by atoms with Gasteiger partial charge in [-0.1, -0.05) is 25.1 Å². The fraction of sp³-hybridized carbons (Fsp3) is 0.385. The van der Waals surface area contributed by atoms with Gasteiger partial charge in [0.05, 0.1) is 6.61 Å². The maximum Gasteiger partial charge on any atom is 0.122 e. The third-order valence-corrected chi connectivity index (χ3v) is 2.88. The van der Waals surface area contributed by atoms with Gasteiger partial charge in [-0.2, -0.15) is 0 Å². The van der Waals surface area contributed by atoms with E-state index in [1.807, 2.05) is 18.2 Å². The van der Waals surface area contributed by atoms with Gasteiger partial charge < -0.3 is 4.74 Å². The highest BCUT2D eigenvalue weighted by atomic mass is 16.5. The third kappa shape index (κ3) is 1.61. The maximum absolute atomic E-state index is 5.66. The molecule has 72 valence electrons. The normalized spacial score (nSPS) is 21.6. The van der Waals surface area contributed by atoms with E-state index in [0.29, 0.717) is 11.8 Å². The lowest BCUT2D eigenvalue weighted by Gasteiger charge is -2.27. The van der Waals surface area contributed by atoms with E-state index in [4.69, 9.17) is 11.2 Å².